The van der Waals surface area contributed by atoms with Gasteiger partial charge in [0.25, 0.3) is 0 Å². The van der Waals surface area contributed by atoms with Crippen LogP contribution >= 0.6 is 0 Å². The molecule has 0 atom stereocenters. The van der Waals surface area contributed by atoms with E-state index in [1.807, 2.05) is 57.2 Å². The van der Waals surface area contributed by atoms with Crippen molar-refractivity contribution < 1.29 is 5.11 Å². The van der Waals surface area contributed by atoms with Gasteiger partial charge in [0.1, 0.15) is 5.75 Å². The zero-order valence-electron chi connectivity index (χ0n) is 14.6. The third kappa shape index (κ3) is 3.13. The standard InChI is InChI=1S/C20H21N3O2/c1-4-6-15-12-16(9-7-13(15)3)23-19(21-22-20(23)25)17-10-8-14(5-2)11-18(17)24/h4,6-12,24H,5H2,1-3H3,(H,22,25)/b6-4-. The molecule has 0 unspecified atom stereocenters. The summed E-state index contributed by atoms with van der Waals surface area (Å²) >= 11 is 0. The summed E-state index contributed by atoms with van der Waals surface area (Å²) in [7, 11) is 0. The molecule has 5 heteroatoms. The first-order valence-corrected chi connectivity index (χ1v) is 8.28. The van der Waals surface area contributed by atoms with Gasteiger partial charge in [-0.1, -0.05) is 31.2 Å². The fourth-order valence-electron chi connectivity index (χ4n) is 2.83. The predicted octanol–water partition coefficient (Wildman–Crippen LogP) is 3.84. The number of aromatic nitrogens is 3. The second kappa shape index (κ2) is 6.81. The van der Waals surface area contributed by atoms with E-state index in [0.717, 1.165) is 23.1 Å². The van der Waals surface area contributed by atoms with Crippen LogP contribution < -0.4 is 5.69 Å². The summed E-state index contributed by atoms with van der Waals surface area (Å²) in [5.41, 5.74) is 4.05. The number of nitrogens with zero attached hydrogens (tertiary/aromatic N) is 2. The summed E-state index contributed by atoms with van der Waals surface area (Å²) < 4.78 is 1.48. The Hall–Kier alpha value is -3.08. The van der Waals surface area contributed by atoms with Crippen molar-refractivity contribution in [1.29, 1.82) is 0 Å². The molecular formula is C20H21N3O2. The molecule has 0 bridgehead atoms. The molecule has 2 aromatic carbocycles. The number of nitrogens with one attached hydrogen (secondary N) is 1. The van der Waals surface area contributed by atoms with Gasteiger partial charge < -0.3 is 5.11 Å². The highest BCUT2D eigenvalue weighted by Crippen LogP contribution is 2.29. The fraction of sp³-hybridized carbons (Fsp3) is 0.200. The Morgan fingerprint density at radius 3 is 2.72 bits per heavy atom. The van der Waals surface area contributed by atoms with Gasteiger partial charge in [0.2, 0.25) is 0 Å². The van der Waals surface area contributed by atoms with E-state index in [0.29, 0.717) is 17.1 Å². The molecule has 1 aromatic heterocycles. The van der Waals surface area contributed by atoms with Crippen LogP contribution in [0.4, 0.5) is 0 Å². The summed E-state index contributed by atoms with van der Waals surface area (Å²) in [6.45, 7) is 6.00. The van der Waals surface area contributed by atoms with Crippen LogP contribution in [-0.2, 0) is 6.42 Å². The van der Waals surface area contributed by atoms with Gasteiger partial charge in [-0.05, 0) is 61.2 Å². The Labute approximate surface area is 146 Å². The van der Waals surface area contributed by atoms with E-state index < -0.39 is 0 Å². The summed E-state index contributed by atoms with van der Waals surface area (Å²) in [5.74, 6) is 0.501. The van der Waals surface area contributed by atoms with Crippen LogP contribution in [0.15, 0.2) is 47.3 Å². The number of rotatable bonds is 4. The average Bonchev–Trinajstić information content (AvgIpc) is 2.98. The average molecular weight is 335 g/mol. The minimum atomic E-state index is -0.343. The van der Waals surface area contributed by atoms with Crippen molar-refractivity contribution in [3.8, 4) is 22.8 Å². The Morgan fingerprint density at radius 1 is 1.24 bits per heavy atom. The first-order chi connectivity index (χ1) is 12.0. The number of H-pyrrole nitrogens is 1. The molecule has 1 heterocycles. The van der Waals surface area contributed by atoms with Gasteiger partial charge in [-0.25, -0.2) is 14.5 Å². The van der Waals surface area contributed by atoms with Gasteiger partial charge in [-0.2, -0.15) is 5.10 Å². The number of phenols is 1. The lowest BCUT2D eigenvalue weighted by atomic mass is 10.1. The summed E-state index contributed by atoms with van der Waals surface area (Å²) in [6, 6.07) is 11.2. The number of aryl methyl sites for hydroxylation is 2. The van der Waals surface area contributed by atoms with E-state index in [4.69, 9.17) is 0 Å². The number of allylic oxidation sites excluding steroid dienone is 1. The minimum Gasteiger partial charge on any atom is -0.507 e. The molecule has 0 saturated heterocycles. The molecule has 0 saturated carbocycles. The number of benzene rings is 2. The lowest BCUT2D eigenvalue weighted by molar-refractivity contribution is 0.476. The molecule has 0 aliphatic carbocycles. The molecule has 0 aliphatic rings. The summed E-state index contributed by atoms with van der Waals surface area (Å²) in [4.78, 5) is 12.3. The third-order valence-electron chi connectivity index (χ3n) is 4.25. The molecular weight excluding hydrogens is 314 g/mol. The lowest BCUT2D eigenvalue weighted by Crippen LogP contribution is -2.16. The van der Waals surface area contributed by atoms with Crippen molar-refractivity contribution in [2.45, 2.75) is 27.2 Å². The number of aromatic hydroxyl groups is 1. The van der Waals surface area contributed by atoms with Crippen LogP contribution in [-0.4, -0.2) is 19.9 Å². The minimum absolute atomic E-state index is 0.111. The van der Waals surface area contributed by atoms with E-state index in [9.17, 15) is 9.90 Å². The van der Waals surface area contributed by atoms with Crippen LogP contribution in [0, 0.1) is 6.92 Å². The topological polar surface area (TPSA) is 70.9 Å². The van der Waals surface area contributed by atoms with Crippen molar-refractivity contribution in [2.24, 2.45) is 0 Å². The smallest absolute Gasteiger partial charge is 0.348 e. The van der Waals surface area contributed by atoms with Crippen molar-refractivity contribution >= 4 is 6.08 Å². The van der Waals surface area contributed by atoms with Crippen LogP contribution in [0.2, 0.25) is 0 Å². The molecule has 0 radical (unpaired) electrons. The van der Waals surface area contributed by atoms with Gasteiger partial charge in [-0.3, -0.25) is 0 Å². The molecule has 25 heavy (non-hydrogen) atoms. The Kier molecular flexibility index (Phi) is 4.57. The highest BCUT2D eigenvalue weighted by atomic mass is 16.3. The van der Waals surface area contributed by atoms with E-state index in [2.05, 4.69) is 10.2 Å². The highest BCUT2D eigenvalue weighted by molar-refractivity contribution is 5.67. The monoisotopic (exact) mass is 335 g/mol. The van der Waals surface area contributed by atoms with Gasteiger partial charge in [0.05, 0.1) is 11.3 Å². The first kappa shape index (κ1) is 16.8. The number of phenolic OH excluding ortho intramolecular Hbond substituents is 1. The lowest BCUT2D eigenvalue weighted by Gasteiger charge is -2.10. The Morgan fingerprint density at radius 2 is 2.04 bits per heavy atom. The number of hydrogen-bond acceptors (Lipinski definition) is 3. The van der Waals surface area contributed by atoms with Crippen LogP contribution in [0.25, 0.3) is 23.2 Å². The quantitative estimate of drug-likeness (QED) is 0.761. The molecule has 3 rings (SSSR count). The Balaban J connectivity index is 2.19. The normalized spacial score (nSPS) is 11.3. The summed E-state index contributed by atoms with van der Waals surface area (Å²) in [5, 5.41) is 17.0. The predicted molar refractivity (Wildman–Crippen MR) is 100 cm³/mol. The Bertz CT molecular complexity index is 996. The SMILES string of the molecule is C/C=C\c1cc(-n2c(-c3ccc(CC)cc3O)n[nH]c2=O)ccc1C. The number of hydrogen-bond donors (Lipinski definition) is 2. The molecule has 0 spiro atoms. The number of aromatic amines is 1. The second-order valence-electron chi connectivity index (χ2n) is 5.93. The second-order valence-corrected chi connectivity index (χ2v) is 5.93. The maximum absolute atomic E-state index is 12.3. The molecule has 128 valence electrons. The van der Waals surface area contributed by atoms with Crippen molar-refractivity contribution in [2.75, 3.05) is 0 Å². The van der Waals surface area contributed by atoms with Crippen LogP contribution in [0.3, 0.4) is 0 Å². The fourth-order valence-corrected chi connectivity index (χ4v) is 2.83. The van der Waals surface area contributed by atoms with Gasteiger partial charge in [-0.15, -0.1) is 0 Å². The maximum Gasteiger partial charge on any atom is 0.348 e. The van der Waals surface area contributed by atoms with Crippen LogP contribution in [0.5, 0.6) is 5.75 Å². The van der Waals surface area contributed by atoms with Crippen LogP contribution in [0.1, 0.15) is 30.5 Å². The zero-order chi connectivity index (χ0) is 18.0. The van der Waals surface area contributed by atoms with E-state index in [1.165, 1.54) is 4.57 Å². The van der Waals surface area contributed by atoms with Crippen molar-refractivity contribution in [1.82, 2.24) is 14.8 Å². The van der Waals surface area contributed by atoms with Gasteiger partial charge in [0, 0.05) is 0 Å². The molecule has 0 amide bonds. The third-order valence-corrected chi connectivity index (χ3v) is 4.25. The molecule has 2 N–H and O–H groups in total. The zero-order valence-corrected chi connectivity index (χ0v) is 14.6. The summed E-state index contributed by atoms with van der Waals surface area (Å²) in [6.07, 6.45) is 4.78. The van der Waals surface area contributed by atoms with E-state index in [1.54, 1.807) is 12.1 Å². The van der Waals surface area contributed by atoms with E-state index >= 15 is 0 Å². The van der Waals surface area contributed by atoms with Crippen molar-refractivity contribution in [3.63, 3.8) is 0 Å². The molecule has 0 fully saturated rings. The highest BCUT2D eigenvalue weighted by Gasteiger charge is 2.16. The molecule has 3 aromatic rings. The van der Waals surface area contributed by atoms with Gasteiger partial charge >= 0.3 is 5.69 Å². The molecule has 5 nitrogen and oxygen atoms in total. The first-order valence-electron chi connectivity index (χ1n) is 8.28. The van der Waals surface area contributed by atoms with Crippen molar-refractivity contribution in [3.05, 3.63) is 69.6 Å². The van der Waals surface area contributed by atoms with Gasteiger partial charge in [0.15, 0.2) is 5.82 Å². The largest absolute Gasteiger partial charge is 0.507 e. The molecule has 0 aliphatic heterocycles. The van der Waals surface area contributed by atoms with E-state index in [-0.39, 0.29) is 11.4 Å². The maximum atomic E-state index is 12.3.